The van der Waals surface area contributed by atoms with E-state index in [1.54, 1.807) is 17.5 Å². The third-order valence-corrected chi connectivity index (χ3v) is 3.93. The van der Waals surface area contributed by atoms with Crippen LogP contribution >= 0.6 is 22.9 Å². The Labute approximate surface area is 116 Å². The molecule has 0 aromatic carbocycles. The van der Waals surface area contributed by atoms with Gasteiger partial charge in [0.25, 0.3) is 0 Å². The molecule has 2 rings (SSSR count). The molecule has 2 aromatic rings. The Bertz CT molecular complexity index is 539. The minimum absolute atomic E-state index is 0.0486. The standard InChI is InChI=1S/C13H16ClN3S/c1-3-16-12(11-7-18-6-8(11)2)10-4-9(14)5-17-13(10)15/h4-7,12,16H,3H2,1-2H3,(H2,15,17). The number of hydrogen-bond acceptors (Lipinski definition) is 4. The van der Waals surface area contributed by atoms with E-state index in [2.05, 4.69) is 34.9 Å². The maximum atomic E-state index is 6.02. The molecule has 96 valence electrons. The van der Waals surface area contributed by atoms with Crippen molar-refractivity contribution in [3.05, 3.63) is 44.7 Å². The lowest BCUT2D eigenvalue weighted by Gasteiger charge is -2.20. The first-order valence-electron chi connectivity index (χ1n) is 5.80. The second kappa shape index (κ2) is 5.69. The number of nitrogens with one attached hydrogen (secondary N) is 1. The van der Waals surface area contributed by atoms with Gasteiger partial charge in [0.2, 0.25) is 0 Å². The zero-order valence-electron chi connectivity index (χ0n) is 10.4. The molecule has 0 amide bonds. The number of hydrogen-bond donors (Lipinski definition) is 2. The predicted octanol–water partition coefficient (Wildman–Crippen LogP) is 3.39. The van der Waals surface area contributed by atoms with Gasteiger partial charge in [-0.05, 0) is 41.4 Å². The highest BCUT2D eigenvalue weighted by molar-refractivity contribution is 7.08. The molecule has 18 heavy (non-hydrogen) atoms. The highest BCUT2D eigenvalue weighted by atomic mass is 35.5. The van der Waals surface area contributed by atoms with E-state index in [0.29, 0.717) is 10.8 Å². The van der Waals surface area contributed by atoms with Crippen LogP contribution < -0.4 is 11.1 Å². The van der Waals surface area contributed by atoms with E-state index in [1.165, 1.54) is 11.1 Å². The molecule has 0 fully saturated rings. The number of thiophene rings is 1. The minimum Gasteiger partial charge on any atom is -0.383 e. The van der Waals surface area contributed by atoms with E-state index >= 15 is 0 Å². The van der Waals surface area contributed by atoms with E-state index in [1.807, 2.05) is 6.07 Å². The summed E-state index contributed by atoms with van der Waals surface area (Å²) < 4.78 is 0. The van der Waals surface area contributed by atoms with Crippen LogP contribution in [0.5, 0.6) is 0 Å². The van der Waals surface area contributed by atoms with Gasteiger partial charge < -0.3 is 11.1 Å². The molecule has 0 spiro atoms. The molecule has 2 aromatic heterocycles. The van der Waals surface area contributed by atoms with E-state index in [0.717, 1.165) is 12.1 Å². The van der Waals surface area contributed by atoms with Crippen molar-refractivity contribution in [1.82, 2.24) is 10.3 Å². The SMILES string of the molecule is CCNC(c1cscc1C)c1cc(Cl)cnc1N. The van der Waals surface area contributed by atoms with Crippen molar-refractivity contribution in [2.24, 2.45) is 0 Å². The summed E-state index contributed by atoms with van der Waals surface area (Å²) in [4.78, 5) is 4.13. The molecule has 1 unspecified atom stereocenters. The topological polar surface area (TPSA) is 50.9 Å². The summed E-state index contributed by atoms with van der Waals surface area (Å²) >= 11 is 7.71. The second-order valence-corrected chi connectivity index (χ2v) is 5.31. The smallest absolute Gasteiger partial charge is 0.128 e. The Morgan fingerprint density at radius 1 is 1.44 bits per heavy atom. The van der Waals surface area contributed by atoms with Crippen LogP contribution in [0.3, 0.4) is 0 Å². The number of nitrogens with two attached hydrogens (primary N) is 1. The lowest BCUT2D eigenvalue weighted by molar-refractivity contribution is 0.629. The molecule has 5 heteroatoms. The fourth-order valence-electron chi connectivity index (χ4n) is 1.95. The van der Waals surface area contributed by atoms with E-state index in [-0.39, 0.29) is 6.04 Å². The van der Waals surface area contributed by atoms with Gasteiger partial charge in [-0.3, -0.25) is 0 Å². The number of nitrogens with zero attached hydrogens (tertiary/aromatic N) is 1. The largest absolute Gasteiger partial charge is 0.383 e. The molecule has 0 aliphatic carbocycles. The highest BCUT2D eigenvalue weighted by Gasteiger charge is 2.19. The van der Waals surface area contributed by atoms with Crippen LogP contribution in [-0.2, 0) is 0 Å². The molecule has 0 aliphatic heterocycles. The first kappa shape index (κ1) is 13.3. The van der Waals surface area contributed by atoms with Crippen molar-refractivity contribution in [3.63, 3.8) is 0 Å². The molecule has 0 saturated carbocycles. The number of aromatic nitrogens is 1. The number of nitrogen functional groups attached to an aromatic ring is 1. The molecular formula is C13H16ClN3S. The zero-order valence-corrected chi connectivity index (χ0v) is 12.0. The van der Waals surface area contributed by atoms with Gasteiger partial charge in [0.05, 0.1) is 11.1 Å². The van der Waals surface area contributed by atoms with Crippen LogP contribution in [0.2, 0.25) is 5.02 Å². The number of anilines is 1. The molecule has 0 bridgehead atoms. The van der Waals surface area contributed by atoms with Crippen molar-refractivity contribution < 1.29 is 0 Å². The normalized spacial score (nSPS) is 12.6. The Hall–Kier alpha value is -1.10. The fraction of sp³-hybridized carbons (Fsp3) is 0.308. The summed E-state index contributed by atoms with van der Waals surface area (Å²) in [6.45, 7) is 5.03. The summed E-state index contributed by atoms with van der Waals surface area (Å²) in [5, 5.41) is 8.32. The Morgan fingerprint density at radius 2 is 2.22 bits per heavy atom. The van der Waals surface area contributed by atoms with Crippen LogP contribution in [0.4, 0.5) is 5.82 Å². The fourth-order valence-corrected chi connectivity index (χ4v) is 3.00. The molecular weight excluding hydrogens is 266 g/mol. The van der Waals surface area contributed by atoms with Gasteiger partial charge in [0.15, 0.2) is 0 Å². The van der Waals surface area contributed by atoms with Gasteiger partial charge in [0, 0.05) is 11.8 Å². The minimum atomic E-state index is 0.0486. The van der Waals surface area contributed by atoms with Crippen molar-refractivity contribution in [1.29, 1.82) is 0 Å². The van der Waals surface area contributed by atoms with Gasteiger partial charge >= 0.3 is 0 Å². The Balaban J connectivity index is 2.48. The third-order valence-electron chi connectivity index (χ3n) is 2.84. The zero-order chi connectivity index (χ0) is 13.1. The molecule has 1 atom stereocenters. The molecule has 0 radical (unpaired) electrons. The Morgan fingerprint density at radius 3 is 2.83 bits per heavy atom. The average Bonchev–Trinajstić information content (AvgIpc) is 2.76. The summed E-state index contributed by atoms with van der Waals surface area (Å²) in [6.07, 6.45) is 1.57. The predicted molar refractivity (Wildman–Crippen MR) is 78.2 cm³/mol. The Kier molecular flexibility index (Phi) is 4.22. The maximum Gasteiger partial charge on any atom is 0.128 e. The quantitative estimate of drug-likeness (QED) is 0.903. The molecule has 0 saturated heterocycles. The number of pyridine rings is 1. The van der Waals surface area contributed by atoms with Crippen molar-refractivity contribution >= 4 is 28.8 Å². The third kappa shape index (κ3) is 2.66. The lowest BCUT2D eigenvalue weighted by Crippen LogP contribution is -2.23. The van der Waals surface area contributed by atoms with Gasteiger partial charge in [-0.15, -0.1) is 0 Å². The van der Waals surface area contributed by atoms with Gasteiger partial charge in [-0.25, -0.2) is 4.98 Å². The number of rotatable bonds is 4. The highest BCUT2D eigenvalue weighted by Crippen LogP contribution is 2.31. The van der Waals surface area contributed by atoms with E-state index < -0.39 is 0 Å². The summed E-state index contributed by atoms with van der Waals surface area (Å²) in [5.41, 5.74) is 9.40. The summed E-state index contributed by atoms with van der Waals surface area (Å²) in [6, 6.07) is 1.93. The second-order valence-electron chi connectivity index (χ2n) is 4.13. The van der Waals surface area contributed by atoms with Crippen molar-refractivity contribution in [3.8, 4) is 0 Å². The van der Waals surface area contributed by atoms with Crippen LogP contribution in [-0.4, -0.2) is 11.5 Å². The van der Waals surface area contributed by atoms with Crippen molar-refractivity contribution in [2.45, 2.75) is 19.9 Å². The molecule has 0 aliphatic rings. The molecule has 2 heterocycles. The lowest BCUT2D eigenvalue weighted by atomic mass is 9.99. The summed E-state index contributed by atoms with van der Waals surface area (Å²) in [5.74, 6) is 0.524. The average molecular weight is 282 g/mol. The van der Waals surface area contributed by atoms with Crippen LogP contribution in [0.15, 0.2) is 23.0 Å². The summed E-state index contributed by atoms with van der Waals surface area (Å²) in [7, 11) is 0. The van der Waals surface area contributed by atoms with Crippen molar-refractivity contribution in [2.75, 3.05) is 12.3 Å². The van der Waals surface area contributed by atoms with E-state index in [9.17, 15) is 0 Å². The maximum absolute atomic E-state index is 6.02. The van der Waals surface area contributed by atoms with Gasteiger partial charge in [-0.2, -0.15) is 11.3 Å². The van der Waals surface area contributed by atoms with E-state index in [4.69, 9.17) is 17.3 Å². The van der Waals surface area contributed by atoms with Crippen LogP contribution in [0.25, 0.3) is 0 Å². The molecule has 3 N–H and O–H groups in total. The van der Waals surface area contributed by atoms with Gasteiger partial charge in [-0.1, -0.05) is 18.5 Å². The first-order valence-corrected chi connectivity index (χ1v) is 7.12. The monoisotopic (exact) mass is 281 g/mol. The first-order chi connectivity index (χ1) is 8.63. The number of halogens is 1. The number of aryl methyl sites for hydroxylation is 1. The van der Waals surface area contributed by atoms with Crippen LogP contribution in [0, 0.1) is 6.92 Å². The molecule has 3 nitrogen and oxygen atoms in total. The van der Waals surface area contributed by atoms with Gasteiger partial charge in [0.1, 0.15) is 5.82 Å². The van der Waals surface area contributed by atoms with Crippen LogP contribution in [0.1, 0.15) is 29.7 Å².